The van der Waals surface area contributed by atoms with E-state index in [1.807, 2.05) is 0 Å². The van der Waals surface area contributed by atoms with Crippen LogP contribution >= 0.6 is 0 Å². The number of ether oxygens (including phenoxy) is 1. The molecule has 1 aliphatic heterocycles. The SMILES string of the molecule is CC(C)OCCN(C)C1(CN)CCCN(C)C1. The molecule has 4 nitrogen and oxygen atoms in total. The van der Waals surface area contributed by atoms with Gasteiger partial charge in [-0.2, -0.15) is 0 Å². The normalized spacial score (nSPS) is 27.0. The van der Waals surface area contributed by atoms with E-state index >= 15 is 0 Å². The molecular weight excluding hydrogens is 214 g/mol. The lowest BCUT2D eigenvalue weighted by Crippen LogP contribution is -2.61. The van der Waals surface area contributed by atoms with Gasteiger partial charge >= 0.3 is 0 Å². The number of likely N-dealkylation sites (tertiary alicyclic amines) is 1. The molecule has 2 N–H and O–H groups in total. The van der Waals surface area contributed by atoms with Gasteiger partial charge in [0.15, 0.2) is 0 Å². The number of likely N-dealkylation sites (N-methyl/N-ethyl adjacent to an activating group) is 2. The van der Waals surface area contributed by atoms with E-state index in [2.05, 4.69) is 37.7 Å². The highest BCUT2D eigenvalue weighted by molar-refractivity contribution is 4.95. The van der Waals surface area contributed by atoms with Crippen LogP contribution in [0.2, 0.25) is 0 Å². The quantitative estimate of drug-likeness (QED) is 0.748. The van der Waals surface area contributed by atoms with Crippen molar-refractivity contribution in [3.63, 3.8) is 0 Å². The van der Waals surface area contributed by atoms with Gasteiger partial charge in [-0.25, -0.2) is 0 Å². The van der Waals surface area contributed by atoms with Crippen LogP contribution in [-0.2, 0) is 4.74 Å². The second-order valence-corrected chi connectivity index (χ2v) is 5.61. The van der Waals surface area contributed by atoms with Crippen LogP contribution in [0, 0.1) is 0 Å². The highest BCUT2D eigenvalue weighted by Crippen LogP contribution is 2.24. The lowest BCUT2D eigenvalue weighted by molar-refractivity contribution is 0.00687. The first-order valence-electron chi connectivity index (χ1n) is 6.71. The number of nitrogens with zero attached hydrogens (tertiary/aromatic N) is 2. The van der Waals surface area contributed by atoms with Crippen LogP contribution in [-0.4, -0.2) is 68.3 Å². The van der Waals surface area contributed by atoms with Crippen molar-refractivity contribution in [2.75, 3.05) is 46.9 Å². The molecule has 0 saturated carbocycles. The monoisotopic (exact) mass is 243 g/mol. The van der Waals surface area contributed by atoms with E-state index in [1.54, 1.807) is 0 Å². The third kappa shape index (κ3) is 4.21. The van der Waals surface area contributed by atoms with Crippen molar-refractivity contribution < 1.29 is 4.74 Å². The Morgan fingerprint density at radius 1 is 1.47 bits per heavy atom. The predicted molar refractivity (Wildman–Crippen MR) is 72.2 cm³/mol. The summed E-state index contributed by atoms with van der Waals surface area (Å²) >= 11 is 0. The van der Waals surface area contributed by atoms with E-state index in [0.29, 0.717) is 6.10 Å². The molecule has 17 heavy (non-hydrogen) atoms. The lowest BCUT2D eigenvalue weighted by Gasteiger charge is -2.47. The summed E-state index contributed by atoms with van der Waals surface area (Å²) in [5, 5.41) is 0. The van der Waals surface area contributed by atoms with Gasteiger partial charge in [0, 0.05) is 25.2 Å². The lowest BCUT2D eigenvalue weighted by atomic mass is 9.87. The van der Waals surface area contributed by atoms with Gasteiger partial charge in [0.05, 0.1) is 12.7 Å². The van der Waals surface area contributed by atoms with Gasteiger partial charge in [-0.1, -0.05) is 0 Å². The van der Waals surface area contributed by atoms with Gasteiger partial charge in [-0.05, 0) is 47.3 Å². The van der Waals surface area contributed by atoms with E-state index in [4.69, 9.17) is 10.5 Å². The predicted octanol–water partition coefficient (Wildman–Crippen LogP) is 0.766. The molecule has 0 bridgehead atoms. The minimum Gasteiger partial charge on any atom is -0.377 e. The first kappa shape index (κ1) is 14.9. The molecule has 1 saturated heterocycles. The van der Waals surface area contributed by atoms with Crippen LogP contribution in [0.4, 0.5) is 0 Å². The molecule has 102 valence electrons. The Balaban J connectivity index is 2.47. The van der Waals surface area contributed by atoms with Crippen LogP contribution in [0.3, 0.4) is 0 Å². The average molecular weight is 243 g/mol. The molecule has 0 radical (unpaired) electrons. The maximum Gasteiger partial charge on any atom is 0.0597 e. The van der Waals surface area contributed by atoms with E-state index in [9.17, 15) is 0 Å². The molecule has 1 rings (SSSR count). The summed E-state index contributed by atoms with van der Waals surface area (Å²) in [4.78, 5) is 4.78. The number of nitrogens with two attached hydrogens (primary N) is 1. The molecule has 0 spiro atoms. The fourth-order valence-electron chi connectivity index (χ4n) is 2.64. The van der Waals surface area contributed by atoms with Crippen LogP contribution < -0.4 is 5.73 Å². The summed E-state index contributed by atoms with van der Waals surface area (Å²) in [6, 6.07) is 0. The molecule has 1 fully saturated rings. The first-order chi connectivity index (χ1) is 8.00. The fraction of sp³-hybridized carbons (Fsp3) is 1.00. The van der Waals surface area contributed by atoms with Crippen molar-refractivity contribution in [2.45, 2.75) is 38.3 Å². The molecule has 0 aromatic carbocycles. The Morgan fingerprint density at radius 2 is 2.18 bits per heavy atom. The third-order valence-corrected chi connectivity index (χ3v) is 3.81. The van der Waals surface area contributed by atoms with Crippen LogP contribution in [0.15, 0.2) is 0 Å². The molecule has 0 aliphatic carbocycles. The molecular formula is C13H29N3O. The summed E-state index contributed by atoms with van der Waals surface area (Å²) in [5.41, 5.74) is 6.17. The minimum absolute atomic E-state index is 0.146. The smallest absolute Gasteiger partial charge is 0.0597 e. The maximum absolute atomic E-state index is 6.02. The topological polar surface area (TPSA) is 41.7 Å². The zero-order valence-electron chi connectivity index (χ0n) is 11.9. The molecule has 0 aromatic heterocycles. The van der Waals surface area contributed by atoms with Crippen LogP contribution in [0.1, 0.15) is 26.7 Å². The molecule has 1 heterocycles. The van der Waals surface area contributed by atoms with Gasteiger partial charge in [0.25, 0.3) is 0 Å². The van der Waals surface area contributed by atoms with E-state index in [-0.39, 0.29) is 5.54 Å². The van der Waals surface area contributed by atoms with Crippen molar-refractivity contribution in [1.82, 2.24) is 9.80 Å². The summed E-state index contributed by atoms with van der Waals surface area (Å²) < 4.78 is 5.62. The molecule has 1 atom stereocenters. The Morgan fingerprint density at radius 3 is 2.71 bits per heavy atom. The second kappa shape index (κ2) is 6.69. The average Bonchev–Trinajstić information content (AvgIpc) is 2.28. The molecule has 1 aliphatic rings. The van der Waals surface area contributed by atoms with Crippen molar-refractivity contribution in [3.05, 3.63) is 0 Å². The Bertz CT molecular complexity index is 223. The number of piperidine rings is 1. The number of hydrogen-bond donors (Lipinski definition) is 1. The van der Waals surface area contributed by atoms with E-state index < -0.39 is 0 Å². The first-order valence-corrected chi connectivity index (χ1v) is 6.71. The maximum atomic E-state index is 6.02. The van der Waals surface area contributed by atoms with Gasteiger partial charge < -0.3 is 15.4 Å². The Labute approximate surface area is 106 Å². The number of hydrogen-bond acceptors (Lipinski definition) is 4. The van der Waals surface area contributed by atoms with Crippen molar-refractivity contribution in [1.29, 1.82) is 0 Å². The zero-order valence-corrected chi connectivity index (χ0v) is 11.9. The molecule has 4 heteroatoms. The van der Waals surface area contributed by atoms with Gasteiger partial charge in [0.2, 0.25) is 0 Å². The summed E-state index contributed by atoms with van der Waals surface area (Å²) in [7, 11) is 4.36. The Hall–Kier alpha value is -0.160. The number of rotatable bonds is 6. The standard InChI is InChI=1S/C13H29N3O/c1-12(2)17-9-8-16(4)13(10-14)6-5-7-15(3)11-13/h12H,5-11,14H2,1-4H3. The summed E-state index contributed by atoms with van der Waals surface area (Å²) in [6.45, 7) is 8.90. The second-order valence-electron chi connectivity index (χ2n) is 5.61. The van der Waals surface area contributed by atoms with E-state index in [1.165, 1.54) is 19.4 Å². The van der Waals surface area contributed by atoms with E-state index in [0.717, 1.165) is 26.2 Å². The Kier molecular flexibility index (Phi) is 5.86. The minimum atomic E-state index is 0.146. The van der Waals surface area contributed by atoms with Crippen molar-refractivity contribution >= 4 is 0 Å². The third-order valence-electron chi connectivity index (χ3n) is 3.81. The van der Waals surface area contributed by atoms with Crippen molar-refractivity contribution in [3.8, 4) is 0 Å². The molecule has 0 aromatic rings. The van der Waals surface area contributed by atoms with Gasteiger partial charge in [0.1, 0.15) is 0 Å². The zero-order chi connectivity index (χ0) is 12.9. The highest BCUT2D eigenvalue weighted by atomic mass is 16.5. The largest absolute Gasteiger partial charge is 0.377 e. The highest BCUT2D eigenvalue weighted by Gasteiger charge is 2.36. The molecule has 0 amide bonds. The fourth-order valence-corrected chi connectivity index (χ4v) is 2.64. The van der Waals surface area contributed by atoms with Gasteiger partial charge in [-0.15, -0.1) is 0 Å². The summed E-state index contributed by atoms with van der Waals surface area (Å²) in [6.07, 6.45) is 2.75. The van der Waals surface area contributed by atoms with Crippen LogP contribution in [0.5, 0.6) is 0 Å². The van der Waals surface area contributed by atoms with Crippen LogP contribution in [0.25, 0.3) is 0 Å². The summed E-state index contributed by atoms with van der Waals surface area (Å²) in [5.74, 6) is 0. The van der Waals surface area contributed by atoms with Crippen molar-refractivity contribution in [2.24, 2.45) is 5.73 Å². The van der Waals surface area contributed by atoms with Gasteiger partial charge in [-0.3, -0.25) is 4.90 Å². The molecule has 1 unspecified atom stereocenters.